The van der Waals surface area contributed by atoms with Crippen molar-refractivity contribution in [3.8, 4) is 0 Å². The second-order valence-corrected chi connectivity index (χ2v) is 6.55. The van der Waals surface area contributed by atoms with E-state index in [9.17, 15) is 9.59 Å². The van der Waals surface area contributed by atoms with Crippen LogP contribution in [0.25, 0.3) is 0 Å². The van der Waals surface area contributed by atoms with Gasteiger partial charge in [0.05, 0.1) is 6.04 Å². The van der Waals surface area contributed by atoms with Crippen LogP contribution in [0.2, 0.25) is 0 Å². The number of benzene rings is 2. The molecular formula is C21H27N3O2. The Morgan fingerprint density at radius 2 is 1.58 bits per heavy atom. The molecule has 0 aliphatic heterocycles. The molecule has 2 aromatic rings. The van der Waals surface area contributed by atoms with Crippen LogP contribution in [0.5, 0.6) is 0 Å². The minimum absolute atomic E-state index is 0.0372. The van der Waals surface area contributed by atoms with E-state index in [4.69, 9.17) is 5.73 Å². The molecule has 0 aromatic heterocycles. The lowest BCUT2D eigenvalue weighted by Gasteiger charge is -2.24. The summed E-state index contributed by atoms with van der Waals surface area (Å²) >= 11 is 0. The van der Waals surface area contributed by atoms with E-state index in [1.54, 1.807) is 36.0 Å². The molecule has 2 N–H and O–H groups in total. The highest BCUT2D eigenvalue weighted by atomic mass is 16.2. The van der Waals surface area contributed by atoms with Gasteiger partial charge >= 0.3 is 0 Å². The number of carbonyl (C=O) groups is 2. The Kier molecular flexibility index (Phi) is 6.92. The minimum atomic E-state index is -0.563. The second-order valence-electron chi connectivity index (χ2n) is 6.55. The van der Waals surface area contributed by atoms with Crippen molar-refractivity contribution in [2.75, 3.05) is 20.6 Å². The summed E-state index contributed by atoms with van der Waals surface area (Å²) in [7, 11) is 3.45. The van der Waals surface area contributed by atoms with Crippen molar-refractivity contribution in [2.45, 2.75) is 25.9 Å². The third kappa shape index (κ3) is 5.17. The van der Waals surface area contributed by atoms with Gasteiger partial charge in [-0.1, -0.05) is 42.5 Å². The first-order valence-electron chi connectivity index (χ1n) is 8.81. The number of carbonyl (C=O) groups excluding carboxylic acids is 2. The lowest BCUT2D eigenvalue weighted by atomic mass is 10.0. The Morgan fingerprint density at radius 1 is 0.962 bits per heavy atom. The fourth-order valence-electron chi connectivity index (χ4n) is 2.77. The van der Waals surface area contributed by atoms with Crippen molar-refractivity contribution in [3.05, 3.63) is 71.3 Å². The molecule has 0 fully saturated rings. The molecule has 0 saturated heterocycles. The average molecular weight is 353 g/mol. The second kappa shape index (κ2) is 9.15. The van der Waals surface area contributed by atoms with E-state index < -0.39 is 6.04 Å². The number of likely N-dealkylation sites (N-methyl/N-ethyl adjacent to an activating group) is 1. The maximum absolute atomic E-state index is 12.7. The summed E-state index contributed by atoms with van der Waals surface area (Å²) in [6.45, 7) is 3.00. The van der Waals surface area contributed by atoms with Crippen LogP contribution < -0.4 is 5.73 Å². The number of hydrogen-bond acceptors (Lipinski definition) is 3. The molecule has 0 aliphatic carbocycles. The van der Waals surface area contributed by atoms with Gasteiger partial charge in [0.15, 0.2) is 0 Å². The highest BCUT2D eigenvalue weighted by Gasteiger charge is 2.20. The number of nitrogens with two attached hydrogens (primary N) is 1. The molecule has 0 unspecified atom stereocenters. The lowest BCUT2D eigenvalue weighted by molar-refractivity contribution is -0.133. The highest BCUT2D eigenvalue weighted by molar-refractivity contribution is 5.93. The maximum atomic E-state index is 12.7. The molecule has 0 bridgehead atoms. The van der Waals surface area contributed by atoms with Gasteiger partial charge in [-0.3, -0.25) is 9.59 Å². The van der Waals surface area contributed by atoms with Crippen LogP contribution in [0.1, 0.15) is 28.4 Å². The fraction of sp³-hybridized carbons (Fsp3) is 0.333. The molecule has 2 aromatic carbocycles. The minimum Gasteiger partial charge on any atom is -0.345 e. The molecule has 0 aliphatic rings. The van der Waals surface area contributed by atoms with Crippen LogP contribution in [-0.4, -0.2) is 48.3 Å². The van der Waals surface area contributed by atoms with Gasteiger partial charge in [0.2, 0.25) is 5.91 Å². The summed E-state index contributed by atoms with van der Waals surface area (Å²) in [5.74, 6) is -0.102. The zero-order chi connectivity index (χ0) is 19.1. The van der Waals surface area contributed by atoms with Gasteiger partial charge in [-0.25, -0.2) is 0 Å². The van der Waals surface area contributed by atoms with Crippen LogP contribution in [-0.2, 0) is 17.8 Å². The largest absolute Gasteiger partial charge is 0.345 e. The molecule has 2 rings (SSSR count). The van der Waals surface area contributed by atoms with Crippen molar-refractivity contribution >= 4 is 11.8 Å². The van der Waals surface area contributed by atoms with E-state index in [0.29, 0.717) is 25.1 Å². The summed E-state index contributed by atoms with van der Waals surface area (Å²) in [5, 5.41) is 0. The van der Waals surface area contributed by atoms with Crippen molar-refractivity contribution in [3.63, 3.8) is 0 Å². The number of amides is 2. The predicted octanol–water partition coefficient (Wildman–Crippen LogP) is 2.31. The Bertz CT molecular complexity index is 727. The highest BCUT2D eigenvalue weighted by Crippen LogP contribution is 2.11. The molecule has 0 heterocycles. The third-order valence-electron chi connectivity index (χ3n) is 4.29. The summed E-state index contributed by atoms with van der Waals surface area (Å²) in [5.41, 5.74) is 8.79. The van der Waals surface area contributed by atoms with Crippen molar-refractivity contribution < 1.29 is 9.59 Å². The molecule has 5 nitrogen and oxygen atoms in total. The number of rotatable bonds is 7. The zero-order valence-corrected chi connectivity index (χ0v) is 15.7. The number of hydrogen-bond donors (Lipinski definition) is 1. The smallest absolute Gasteiger partial charge is 0.253 e. The van der Waals surface area contributed by atoms with Crippen LogP contribution in [0.3, 0.4) is 0 Å². The van der Waals surface area contributed by atoms with Crippen LogP contribution >= 0.6 is 0 Å². The fourth-order valence-corrected chi connectivity index (χ4v) is 2.77. The molecule has 138 valence electrons. The van der Waals surface area contributed by atoms with Crippen LogP contribution in [0.4, 0.5) is 0 Å². The van der Waals surface area contributed by atoms with Crippen molar-refractivity contribution in [1.29, 1.82) is 0 Å². The SMILES string of the molecule is CCN(Cc1ccc(C(=O)N(C)C)cc1)C(=O)[C@@H](N)Cc1ccccc1. The topological polar surface area (TPSA) is 66.6 Å². The third-order valence-corrected chi connectivity index (χ3v) is 4.29. The molecule has 1 atom stereocenters. The van der Waals surface area contributed by atoms with E-state index >= 15 is 0 Å². The average Bonchev–Trinajstić information content (AvgIpc) is 2.66. The van der Waals surface area contributed by atoms with E-state index in [0.717, 1.165) is 11.1 Å². The van der Waals surface area contributed by atoms with Crippen LogP contribution in [0.15, 0.2) is 54.6 Å². The van der Waals surface area contributed by atoms with Crippen LogP contribution in [0, 0.1) is 0 Å². The Morgan fingerprint density at radius 3 is 2.12 bits per heavy atom. The van der Waals surface area contributed by atoms with Crippen molar-refractivity contribution in [2.24, 2.45) is 5.73 Å². The van der Waals surface area contributed by atoms with Crippen molar-refractivity contribution in [1.82, 2.24) is 9.80 Å². The Balaban J connectivity index is 2.01. The van der Waals surface area contributed by atoms with Gasteiger partial charge in [-0.2, -0.15) is 0 Å². The lowest BCUT2D eigenvalue weighted by Crippen LogP contribution is -2.44. The molecule has 0 radical (unpaired) electrons. The number of nitrogens with zero attached hydrogens (tertiary/aromatic N) is 2. The first-order valence-corrected chi connectivity index (χ1v) is 8.81. The van der Waals surface area contributed by atoms with E-state index in [1.807, 2.05) is 49.4 Å². The summed E-state index contributed by atoms with van der Waals surface area (Å²) in [6.07, 6.45) is 0.520. The van der Waals surface area contributed by atoms with Gasteiger partial charge < -0.3 is 15.5 Å². The van der Waals surface area contributed by atoms with Gasteiger partial charge in [0, 0.05) is 32.7 Å². The summed E-state index contributed by atoms with van der Waals surface area (Å²) in [6, 6.07) is 16.6. The van der Waals surface area contributed by atoms with Gasteiger partial charge in [0.1, 0.15) is 0 Å². The first kappa shape index (κ1) is 19.7. The Hall–Kier alpha value is -2.66. The van der Waals surface area contributed by atoms with Gasteiger partial charge in [-0.05, 0) is 36.6 Å². The molecule has 26 heavy (non-hydrogen) atoms. The summed E-state index contributed by atoms with van der Waals surface area (Å²) < 4.78 is 0. The first-order chi connectivity index (χ1) is 12.4. The molecule has 0 spiro atoms. The maximum Gasteiger partial charge on any atom is 0.253 e. The molecule has 0 saturated carbocycles. The quantitative estimate of drug-likeness (QED) is 0.831. The monoisotopic (exact) mass is 353 g/mol. The van der Waals surface area contributed by atoms with E-state index in [1.165, 1.54) is 0 Å². The standard InChI is InChI=1S/C21H27N3O2/c1-4-24(21(26)19(22)14-16-8-6-5-7-9-16)15-17-10-12-18(13-11-17)20(25)23(2)3/h5-13,19H,4,14-15,22H2,1-3H3/t19-/m0/s1. The summed E-state index contributed by atoms with van der Waals surface area (Å²) in [4.78, 5) is 27.9. The predicted molar refractivity (Wildman–Crippen MR) is 104 cm³/mol. The zero-order valence-electron chi connectivity index (χ0n) is 15.7. The Labute approximate surface area is 155 Å². The molecule has 2 amide bonds. The normalized spacial score (nSPS) is 11.7. The van der Waals surface area contributed by atoms with Gasteiger partial charge in [-0.15, -0.1) is 0 Å². The molecular weight excluding hydrogens is 326 g/mol. The molecule has 5 heteroatoms. The van der Waals surface area contributed by atoms with E-state index in [-0.39, 0.29) is 11.8 Å². The van der Waals surface area contributed by atoms with Gasteiger partial charge in [0.25, 0.3) is 5.91 Å². The van der Waals surface area contributed by atoms with E-state index in [2.05, 4.69) is 0 Å².